The Kier molecular flexibility index (Phi) is 6.93. The maximum absolute atomic E-state index is 12.6. The van der Waals surface area contributed by atoms with Crippen LogP contribution in [0.15, 0.2) is 42.5 Å². The van der Waals surface area contributed by atoms with Crippen molar-refractivity contribution < 1.29 is 28.6 Å². The van der Waals surface area contributed by atoms with Crippen molar-refractivity contribution in [1.82, 2.24) is 5.32 Å². The summed E-state index contributed by atoms with van der Waals surface area (Å²) in [7, 11) is 1.59. The lowest BCUT2D eigenvalue weighted by Crippen LogP contribution is -2.27. The number of methoxy groups -OCH3 is 1. The molecular formula is C20H21NO6. The molecule has 0 aliphatic carbocycles. The molecule has 0 saturated carbocycles. The van der Waals surface area contributed by atoms with E-state index in [1.165, 1.54) is 32.0 Å². The molecule has 0 aromatic heterocycles. The van der Waals surface area contributed by atoms with Gasteiger partial charge in [0, 0.05) is 20.4 Å². The summed E-state index contributed by atoms with van der Waals surface area (Å²) >= 11 is 0. The number of hydrogen-bond donors (Lipinski definition) is 1. The fourth-order valence-corrected chi connectivity index (χ4v) is 2.42. The fourth-order valence-electron chi connectivity index (χ4n) is 2.42. The van der Waals surface area contributed by atoms with Gasteiger partial charge < -0.3 is 19.5 Å². The monoisotopic (exact) mass is 371 g/mol. The van der Waals surface area contributed by atoms with Crippen molar-refractivity contribution in [2.45, 2.75) is 20.3 Å². The van der Waals surface area contributed by atoms with Gasteiger partial charge in [-0.3, -0.25) is 14.4 Å². The first-order chi connectivity index (χ1) is 12.9. The van der Waals surface area contributed by atoms with E-state index in [0.29, 0.717) is 13.0 Å². The number of amides is 1. The molecule has 7 nitrogen and oxygen atoms in total. The zero-order valence-electron chi connectivity index (χ0n) is 15.4. The Hall–Kier alpha value is -3.35. The SMILES string of the molecule is COc1ccc(CCNC(=O)c2c(OC(C)=O)cccc2OC(C)=O)cc1. The minimum absolute atomic E-state index is 0.00219. The van der Waals surface area contributed by atoms with Gasteiger partial charge >= 0.3 is 11.9 Å². The summed E-state index contributed by atoms with van der Waals surface area (Å²) in [6, 6.07) is 12.0. The third-order valence-corrected chi connectivity index (χ3v) is 3.58. The average Bonchev–Trinajstić information content (AvgIpc) is 2.61. The first kappa shape index (κ1) is 20.0. The molecular weight excluding hydrogens is 350 g/mol. The average molecular weight is 371 g/mol. The fraction of sp³-hybridized carbons (Fsp3) is 0.250. The van der Waals surface area contributed by atoms with Crippen molar-refractivity contribution in [2.75, 3.05) is 13.7 Å². The molecule has 142 valence electrons. The van der Waals surface area contributed by atoms with Crippen LogP contribution in [0.25, 0.3) is 0 Å². The molecule has 0 fully saturated rings. The predicted octanol–water partition coefficient (Wildman–Crippen LogP) is 2.52. The highest BCUT2D eigenvalue weighted by molar-refractivity contribution is 6.00. The van der Waals surface area contributed by atoms with E-state index in [0.717, 1.165) is 11.3 Å². The van der Waals surface area contributed by atoms with E-state index in [2.05, 4.69) is 5.32 Å². The van der Waals surface area contributed by atoms with Crippen LogP contribution in [0.1, 0.15) is 29.8 Å². The summed E-state index contributed by atoms with van der Waals surface area (Å²) in [5, 5.41) is 2.75. The van der Waals surface area contributed by atoms with E-state index in [9.17, 15) is 14.4 Å². The Bertz CT molecular complexity index is 795. The Labute approximate surface area is 157 Å². The molecule has 0 aliphatic heterocycles. The van der Waals surface area contributed by atoms with Crippen molar-refractivity contribution in [3.05, 3.63) is 53.6 Å². The largest absolute Gasteiger partial charge is 0.497 e. The van der Waals surface area contributed by atoms with Crippen LogP contribution in [0.5, 0.6) is 17.2 Å². The standard InChI is InChI=1S/C20H21NO6/c1-13(22)26-17-5-4-6-18(27-14(2)23)19(17)20(24)21-12-11-15-7-9-16(25-3)10-8-15/h4-10H,11-12H2,1-3H3,(H,21,24). The van der Waals surface area contributed by atoms with Gasteiger partial charge in [-0.25, -0.2) is 0 Å². The molecule has 0 bridgehead atoms. The Morgan fingerprint density at radius 3 is 1.93 bits per heavy atom. The number of esters is 2. The van der Waals surface area contributed by atoms with Crippen molar-refractivity contribution in [2.24, 2.45) is 0 Å². The molecule has 7 heteroatoms. The van der Waals surface area contributed by atoms with E-state index in [1.807, 2.05) is 24.3 Å². The lowest BCUT2D eigenvalue weighted by atomic mass is 10.1. The normalized spacial score (nSPS) is 10.0. The molecule has 0 saturated heterocycles. The van der Waals surface area contributed by atoms with Crippen LogP contribution >= 0.6 is 0 Å². The van der Waals surface area contributed by atoms with Crippen LogP contribution in [0, 0.1) is 0 Å². The third-order valence-electron chi connectivity index (χ3n) is 3.58. The third kappa shape index (κ3) is 5.85. The minimum Gasteiger partial charge on any atom is -0.497 e. The Morgan fingerprint density at radius 1 is 0.889 bits per heavy atom. The van der Waals surface area contributed by atoms with E-state index in [4.69, 9.17) is 14.2 Å². The van der Waals surface area contributed by atoms with E-state index in [-0.39, 0.29) is 17.1 Å². The smallest absolute Gasteiger partial charge is 0.308 e. The predicted molar refractivity (Wildman–Crippen MR) is 98.1 cm³/mol. The molecule has 0 atom stereocenters. The van der Waals surface area contributed by atoms with Gasteiger partial charge in [-0.15, -0.1) is 0 Å². The number of ether oxygens (including phenoxy) is 3. The molecule has 2 aromatic carbocycles. The van der Waals surface area contributed by atoms with E-state index in [1.54, 1.807) is 7.11 Å². The van der Waals surface area contributed by atoms with Gasteiger partial charge in [-0.05, 0) is 36.2 Å². The van der Waals surface area contributed by atoms with Gasteiger partial charge in [0.15, 0.2) is 0 Å². The van der Waals surface area contributed by atoms with E-state index >= 15 is 0 Å². The van der Waals surface area contributed by atoms with Crippen molar-refractivity contribution in [1.29, 1.82) is 0 Å². The van der Waals surface area contributed by atoms with Crippen LogP contribution in [-0.2, 0) is 16.0 Å². The molecule has 1 amide bonds. The topological polar surface area (TPSA) is 90.9 Å². The molecule has 2 rings (SSSR count). The highest BCUT2D eigenvalue weighted by Crippen LogP contribution is 2.29. The Morgan fingerprint density at radius 2 is 1.44 bits per heavy atom. The maximum atomic E-state index is 12.6. The van der Waals surface area contributed by atoms with Crippen LogP contribution < -0.4 is 19.5 Å². The van der Waals surface area contributed by atoms with Crippen LogP contribution in [0.2, 0.25) is 0 Å². The molecule has 2 aromatic rings. The summed E-state index contributed by atoms with van der Waals surface area (Å²) in [5.41, 5.74) is 1.02. The number of carbonyl (C=O) groups is 3. The molecule has 0 radical (unpaired) electrons. The second kappa shape index (κ2) is 9.38. The lowest BCUT2D eigenvalue weighted by molar-refractivity contribution is -0.132. The number of nitrogens with one attached hydrogen (secondary N) is 1. The first-order valence-corrected chi connectivity index (χ1v) is 8.31. The maximum Gasteiger partial charge on any atom is 0.308 e. The van der Waals surface area contributed by atoms with Crippen molar-refractivity contribution in [3.8, 4) is 17.2 Å². The van der Waals surface area contributed by atoms with Crippen LogP contribution in [0.3, 0.4) is 0 Å². The van der Waals surface area contributed by atoms with Gasteiger partial charge in [-0.1, -0.05) is 18.2 Å². The lowest BCUT2D eigenvalue weighted by Gasteiger charge is -2.13. The highest BCUT2D eigenvalue weighted by atomic mass is 16.5. The van der Waals surface area contributed by atoms with Crippen molar-refractivity contribution >= 4 is 17.8 Å². The first-order valence-electron chi connectivity index (χ1n) is 8.31. The summed E-state index contributed by atoms with van der Waals surface area (Å²) in [6.07, 6.45) is 0.592. The molecule has 27 heavy (non-hydrogen) atoms. The van der Waals surface area contributed by atoms with Gasteiger partial charge in [0.05, 0.1) is 7.11 Å². The van der Waals surface area contributed by atoms with Gasteiger partial charge in [0.2, 0.25) is 0 Å². The van der Waals surface area contributed by atoms with Crippen LogP contribution in [-0.4, -0.2) is 31.5 Å². The second-order valence-corrected chi connectivity index (χ2v) is 5.67. The van der Waals surface area contributed by atoms with Gasteiger partial charge in [-0.2, -0.15) is 0 Å². The zero-order chi connectivity index (χ0) is 19.8. The van der Waals surface area contributed by atoms with Crippen LogP contribution in [0.4, 0.5) is 0 Å². The molecule has 0 heterocycles. The molecule has 0 aliphatic rings. The quantitative estimate of drug-likeness (QED) is 0.594. The molecule has 0 spiro atoms. The summed E-state index contributed by atoms with van der Waals surface area (Å²) in [5.74, 6) is -0.850. The zero-order valence-corrected chi connectivity index (χ0v) is 15.4. The number of rotatable bonds is 7. The number of hydrogen-bond acceptors (Lipinski definition) is 6. The summed E-state index contributed by atoms with van der Waals surface area (Å²) in [6.45, 7) is 2.80. The Balaban J connectivity index is 2.12. The van der Waals surface area contributed by atoms with Gasteiger partial charge in [0.1, 0.15) is 22.8 Å². The van der Waals surface area contributed by atoms with Crippen molar-refractivity contribution in [3.63, 3.8) is 0 Å². The molecule has 1 N–H and O–H groups in total. The highest BCUT2D eigenvalue weighted by Gasteiger charge is 2.21. The minimum atomic E-state index is -0.581. The van der Waals surface area contributed by atoms with Gasteiger partial charge in [0.25, 0.3) is 5.91 Å². The number of benzene rings is 2. The summed E-state index contributed by atoms with van der Waals surface area (Å²) in [4.78, 5) is 35.2. The number of carbonyl (C=O) groups excluding carboxylic acids is 3. The summed E-state index contributed by atoms with van der Waals surface area (Å²) < 4.78 is 15.3. The van der Waals surface area contributed by atoms with E-state index < -0.39 is 17.8 Å². The second-order valence-electron chi connectivity index (χ2n) is 5.67. The molecule has 0 unspecified atom stereocenters.